The van der Waals surface area contributed by atoms with Gasteiger partial charge in [-0.15, -0.1) is 0 Å². The van der Waals surface area contributed by atoms with Crippen molar-refractivity contribution < 1.29 is 5.11 Å². The Morgan fingerprint density at radius 1 is 1.29 bits per heavy atom. The van der Waals surface area contributed by atoms with Crippen LogP contribution in [0.2, 0.25) is 0 Å². The monoisotopic (exact) mass is 298 g/mol. The maximum atomic E-state index is 10.5. The smallest absolute Gasteiger partial charge is 0.0841 e. The van der Waals surface area contributed by atoms with Crippen LogP contribution < -0.4 is 0 Å². The molecule has 1 unspecified atom stereocenters. The van der Waals surface area contributed by atoms with Crippen molar-refractivity contribution in [3.63, 3.8) is 0 Å². The number of aliphatic hydroxyl groups excluding tert-OH is 1. The van der Waals surface area contributed by atoms with Crippen LogP contribution in [0, 0.1) is 5.41 Å². The summed E-state index contributed by atoms with van der Waals surface area (Å²) in [7, 11) is 0. The SMILES string of the molecule is CCCCCC(C)(C)C(O)c1cccc(Br)c1. The van der Waals surface area contributed by atoms with Crippen molar-refractivity contribution in [2.75, 3.05) is 0 Å². The average molecular weight is 299 g/mol. The number of hydrogen-bond donors (Lipinski definition) is 1. The van der Waals surface area contributed by atoms with Gasteiger partial charge in [0.1, 0.15) is 0 Å². The van der Waals surface area contributed by atoms with E-state index >= 15 is 0 Å². The van der Waals surface area contributed by atoms with Gasteiger partial charge in [0.05, 0.1) is 6.10 Å². The molecule has 0 saturated heterocycles. The largest absolute Gasteiger partial charge is 0.388 e. The Hall–Kier alpha value is -0.340. The van der Waals surface area contributed by atoms with Gasteiger partial charge in [-0.25, -0.2) is 0 Å². The number of aliphatic hydroxyl groups is 1. The van der Waals surface area contributed by atoms with E-state index in [9.17, 15) is 5.11 Å². The van der Waals surface area contributed by atoms with E-state index < -0.39 is 6.10 Å². The number of hydrogen-bond acceptors (Lipinski definition) is 1. The summed E-state index contributed by atoms with van der Waals surface area (Å²) in [6.45, 7) is 6.50. The van der Waals surface area contributed by atoms with Gasteiger partial charge in [-0.2, -0.15) is 0 Å². The minimum Gasteiger partial charge on any atom is -0.388 e. The summed E-state index contributed by atoms with van der Waals surface area (Å²) in [6, 6.07) is 7.97. The Kier molecular flexibility index (Phi) is 5.68. The molecule has 0 saturated carbocycles. The standard InChI is InChI=1S/C15H23BrO/c1-4-5-6-10-15(2,3)14(17)12-8-7-9-13(16)11-12/h7-9,11,14,17H,4-6,10H2,1-3H3. The van der Waals surface area contributed by atoms with Gasteiger partial charge < -0.3 is 5.11 Å². The molecule has 1 N–H and O–H groups in total. The third kappa shape index (κ3) is 4.44. The molecule has 1 rings (SSSR count). The Balaban J connectivity index is 2.70. The highest BCUT2D eigenvalue weighted by Crippen LogP contribution is 2.38. The number of halogens is 1. The first-order valence-electron chi connectivity index (χ1n) is 6.41. The van der Waals surface area contributed by atoms with Crippen LogP contribution >= 0.6 is 15.9 Å². The molecule has 0 aromatic heterocycles. The maximum Gasteiger partial charge on any atom is 0.0841 e. The second kappa shape index (κ2) is 6.55. The quantitative estimate of drug-likeness (QED) is 0.725. The lowest BCUT2D eigenvalue weighted by atomic mass is 9.78. The lowest BCUT2D eigenvalue weighted by Crippen LogP contribution is -2.22. The van der Waals surface area contributed by atoms with E-state index in [1.54, 1.807) is 0 Å². The summed E-state index contributed by atoms with van der Waals surface area (Å²) in [5.74, 6) is 0. The van der Waals surface area contributed by atoms with E-state index in [2.05, 4.69) is 36.7 Å². The molecule has 0 amide bonds. The molecule has 17 heavy (non-hydrogen) atoms. The summed E-state index contributed by atoms with van der Waals surface area (Å²) >= 11 is 3.45. The third-order valence-electron chi connectivity index (χ3n) is 3.33. The first-order chi connectivity index (χ1) is 7.97. The van der Waals surface area contributed by atoms with Crippen molar-refractivity contribution >= 4 is 15.9 Å². The molecule has 0 aliphatic rings. The molecule has 0 bridgehead atoms. The summed E-state index contributed by atoms with van der Waals surface area (Å²) in [4.78, 5) is 0. The molecule has 0 spiro atoms. The maximum absolute atomic E-state index is 10.5. The molecular weight excluding hydrogens is 276 g/mol. The highest BCUT2D eigenvalue weighted by Gasteiger charge is 2.28. The fraction of sp³-hybridized carbons (Fsp3) is 0.600. The molecule has 0 aliphatic heterocycles. The zero-order valence-corrected chi connectivity index (χ0v) is 12.6. The molecule has 1 aromatic rings. The minimum atomic E-state index is -0.392. The fourth-order valence-electron chi connectivity index (χ4n) is 2.10. The lowest BCUT2D eigenvalue weighted by Gasteiger charge is -2.31. The van der Waals surface area contributed by atoms with Crippen LogP contribution in [0.15, 0.2) is 28.7 Å². The van der Waals surface area contributed by atoms with Crippen LogP contribution in [0.1, 0.15) is 58.1 Å². The van der Waals surface area contributed by atoms with Gasteiger partial charge in [-0.05, 0) is 29.5 Å². The minimum absolute atomic E-state index is 0.0596. The van der Waals surface area contributed by atoms with Gasteiger partial charge in [-0.1, -0.05) is 68.1 Å². The van der Waals surface area contributed by atoms with Crippen molar-refractivity contribution in [2.24, 2.45) is 5.41 Å². The summed E-state index contributed by atoms with van der Waals surface area (Å²) in [6.07, 6.45) is 4.33. The Morgan fingerprint density at radius 2 is 2.00 bits per heavy atom. The predicted octanol–water partition coefficient (Wildman–Crippen LogP) is 5.09. The molecule has 1 aromatic carbocycles. The van der Waals surface area contributed by atoms with Crippen LogP contribution in [0.3, 0.4) is 0 Å². The Morgan fingerprint density at radius 3 is 2.59 bits per heavy atom. The van der Waals surface area contributed by atoms with Crippen LogP contribution in [-0.2, 0) is 0 Å². The molecule has 2 heteroatoms. The molecular formula is C15H23BrO. The van der Waals surface area contributed by atoms with Gasteiger partial charge >= 0.3 is 0 Å². The highest BCUT2D eigenvalue weighted by molar-refractivity contribution is 9.10. The van der Waals surface area contributed by atoms with E-state index in [1.165, 1.54) is 19.3 Å². The first kappa shape index (κ1) is 14.7. The molecule has 0 heterocycles. The summed E-state index contributed by atoms with van der Waals surface area (Å²) in [5.41, 5.74) is 0.941. The van der Waals surface area contributed by atoms with Crippen LogP contribution in [0.5, 0.6) is 0 Å². The number of benzene rings is 1. The molecule has 0 fully saturated rings. The van der Waals surface area contributed by atoms with Gasteiger partial charge in [0.15, 0.2) is 0 Å². The first-order valence-corrected chi connectivity index (χ1v) is 7.20. The predicted molar refractivity (Wildman–Crippen MR) is 77.0 cm³/mol. The van der Waals surface area contributed by atoms with Gasteiger partial charge in [0, 0.05) is 4.47 Å². The normalized spacial score (nSPS) is 13.7. The van der Waals surface area contributed by atoms with E-state index in [-0.39, 0.29) is 5.41 Å². The van der Waals surface area contributed by atoms with Crippen molar-refractivity contribution in [3.05, 3.63) is 34.3 Å². The summed E-state index contributed by atoms with van der Waals surface area (Å²) < 4.78 is 1.03. The Labute approximate surface area is 113 Å². The zero-order chi connectivity index (χ0) is 12.9. The average Bonchev–Trinajstić information content (AvgIpc) is 2.28. The van der Waals surface area contributed by atoms with Crippen molar-refractivity contribution in [1.82, 2.24) is 0 Å². The fourth-order valence-corrected chi connectivity index (χ4v) is 2.51. The Bertz CT molecular complexity index is 347. The van der Waals surface area contributed by atoms with E-state index in [0.29, 0.717) is 0 Å². The molecule has 1 nitrogen and oxygen atoms in total. The second-order valence-electron chi connectivity index (χ2n) is 5.40. The topological polar surface area (TPSA) is 20.2 Å². The molecule has 0 radical (unpaired) electrons. The summed E-state index contributed by atoms with van der Waals surface area (Å²) in [5, 5.41) is 10.5. The van der Waals surface area contributed by atoms with E-state index in [4.69, 9.17) is 0 Å². The van der Waals surface area contributed by atoms with Crippen molar-refractivity contribution in [1.29, 1.82) is 0 Å². The van der Waals surface area contributed by atoms with Crippen LogP contribution in [0.4, 0.5) is 0 Å². The van der Waals surface area contributed by atoms with Gasteiger partial charge in [0.2, 0.25) is 0 Å². The molecule has 0 aliphatic carbocycles. The van der Waals surface area contributed by atoms with Crippen molar-refractivity contribution in [2.45, 2.75) is 52.6 Å². The van der Waals surface area contributed by atoms with Gasteiger partial charge in [-0.3, -0.25) is 0 Å². The second-order valence-corrected chi connectivity index (χ2v) is 6.32. The van der Waals surface area contributed by atoms with Crippen LogP contribution in [0.25, 0.3) is 0 Å². The molecule has 1 atom stereocenters. The lowest BCUT2D eigenvalue weighted by molar-refractivity contribution is 0.0411. The number of unbranched alkanes of at least 4 members (excludes halogenated alkanes) is 2. The number of rotatable bonds is 6. The van der Waals surface area contributed by atoms with E-state index in [0.717, 1.165) is 16.5 Å². The zero-order valence-electron chi connectivity index (χ0n) is 11.0. The highest BCUT2D eigenvalue weighted by atomic mass is 79.9. The third-order valence-corrected chi connectivity index (χ3v) is 3.82. The van der Waals surface area contributed by atoms with Crippen LogP contribution in [-0.4, -0.2) is 5.11 Å². The van der Waals surface area contributed by atoms with Crippen molar-refractivity contribution in [3.8, 4) is 0 Å². The van der Waals surface area contributed by atoms with E-state index in [1.807, 2.05) is 24.3 Å². The van der Waals surface area contributed by atoms with Gasteiger partial charge in [0.25, 0.3) is 0 Å². The molecule has 96 valence electrons.